The van der Waals surface area contributed by atoms with Gasteiger partial charge in [0.15, 0.2) is 0 Å². The van der Waals surface area contributed by atoms with E-state index in [1.165, 1.54) is 10.7 Å². The zero-order chi connectivity index (χ0) is 11.0. The molecule has 0 saturated carbocycles. The van der Waals surface area contributed by atoms with Crippen LogP contribution in [0.3, 0.4) is 0 Å². The Hall–Kier alpha value is -2.25. The first-order valence-electron chi connectivity index (χ1n) is 4.12. The molecule has 0 amide bonds. The van der Waals surface area contributed by atoms with E-state index in [2.05, 4.69) is 15.1 Å². The summed E-state index contributed by atoms with van der Waals surface area (Å²) in [5, 5.41) is 14.5. The van der Waals surface area contributed by atoms with Gasteiger partial charge in [-0.25, -0.2) is 4.98 Å². The van der Waals surface area contributed by atoms with Gasteiger partial charge in [0.05, 0.1) is 4.92 Å². The smallest absolute Gasteiger partial charge is 0.305 e. The van der Waals surface area contributed by atoms with Crippen molar-refractivity contribution in [2.24, 2.45) is 0 Å². The molecule has 0 spiro atoms. The zero-order valence-corrected chi connectivity index (χ0v) is 8.15. The molecule has 0 fully saturated rings. The Labute approximate surface area is 84.3 Å². The molecule has 0 bridgehead atoms. The molecule has 8 heteroatoms. The van der Waals surface area contributed by atoms with Gasteiger partial charge in [0, 0.05) is 14.1 Å². The third kappa shape index (κ3) is 1.56. The third-order valence-electron chi connectivity index (χ3n) is 1.78. The molecule has 2 rings (SSSR count). The molecule has 2 heterocycles. The number of fused-ring (bicyclic) bond motifs is 1. The number of hydrogen-bond acceptors (Lipinski definition) is 6. The van der Waals surface area contributed by atoms with E-state index in [-0.39, 0.29) is 5.69 Å². The van der Waals surface area contributed by atoms with Gasteiger partial charge in [0.2, 0.25) is 5.95 Å². The fraction of sp³-hybridized carbons (Fsp3) is 0.286. The summed E-state index contributed by atoms with van der Waals surface area (Å²) in [6.45, 7) is 0. The van der Waals surface area contributed by atoms with E-state index in [1.807, 2.05) is 0 Å². The maximum atomic E-state index is 10.5. The molecule has 0 aliphatic rings. The van der Waals surface area contributed by atoms with Crippen LogP contribution >= 0.6 is 0 Å². The van der Waals surface area contributed by atoms with Crippen LogP contribution in [0.5, 0.6) is 0 Å². The van der Waals surface area contributed by atoms with Gasteiger partial charge in [-0.15, -0.1) is 5.10 Å². The van der Waals surface area contributed by atoms with Crippen molar-refractivity contribution >= 4 is 17.4 Å². The first kappa shape index (κ1) is 9.31. The van der Waals surface area contributed by atoms with Crippen LogP contribution < -0.4 is 4.90 Å². The van der Waals surface area contributed by atoms with Gasteiger partial charge >= 0.3 is 5.69 Å². The summed E-state index contributed by atoms with van der Waals surface area (Å²) < 4.78 is 1.29. The van der Waals surface area contributed by atoms with Crippen LogP contribution in [0, 0.1) is 10.1 Å². The fourth-order valence-electron chi connectivity index (χ4n) is 1.04. The maximum Gasteiger partial charge on any atom is 0.305 e. The minimum atomic E-state index is -0.524. The van der Waals surface area contributed by atoms with Gasteiger partial charge < -0.3 is 4.90 Å². The molecule has 0 N–H and O–H groups in total. The molecular weight excluding hydrogens is 200 g/mol. The molecule has 8 nitrogen and oxygen atoms in total. The van der Waals surface area contributed by atoms with E-state index in [0.29, 0.717) is 11.7 Å². The lowest BCUT2D eigenvalue weighted by Gasteiger charge is -2.02. The number of hydrogen-bond donors (Lipinski definition) is 0. The van der Waals surface area contributed by atoms with Gasteiger partial charge in [-0.3, -0.25) is 10.1 Å². The summed E-state index contributed by atoms with van der Waals surface area (Å²) in [4.78, 5) is 19.5. The molecule has 0 aliphatic heterocycles. The summed E-state index contributed by atoms with van der Waals surface area (Å²) in [5.74, 6) is 0.798. The van der Waals surface area contributed by atoms with Crippen LogP contribution in [0.25, 0.3) is 5.78 Å². The van der Waals surface area contributed by atoms with Gasteiger partial charge in [-0.1, -0.05) is 0 Å². The lowest BCUT2D eigenvalue weighted by atomic mass is 10.6. The van der Waals surface area contributed by atoms with Crippen LogP contribution in [-0.2, 0) is 0 Å². The Bertz CT molecular complexity index is 519. The van der Waals surface area contributed by atoms with E-state index < -0.39 is 4.92 Å². The van der Waals surface area contributed by atoms with Gasteiger partial charge in [-0.05, 0) is 0 Å². The minimum absolute atomic E-state index is 0.113. The van der Waals surface area contributed by atoms with Crippen molar-refractivity contribution in [2.75, 3.05) is 19.0 Å². The molecule has 0 saturated heterocycles. The molecule has 15 heavy (non-hydrogen) atoms. The number of nitro groups is 1. The van der Waals surface area contributed by atoms with Gasteiger partial charge in [-0.2, -0.15) is 9.50 Å². The zero-order valence-electron chi connectivity index (χ0n) is 8.15. The molecule has 0 aliphatic carbocycles. The number of rotatable bonds is 2. The van der Waals surface area contributed by atoms with Crippen LogP contribution in [0.4, 0.5) is 11.6 Å². The van der Waals surface area contributed by atoms with E-state index in [4.69, 9.17) is 0 Å². The van der Waals surface area contributed by atoms with Crippen molar-refractivity contribution < 1.29 is 4.92 Å². The SMILES string of the molecule is CN(C)c1nc2ncc([N+](=O)[O-])cn2n1. The average molecular weight is 208 g/mol. The minimum Gasteiger partial charge on any atom is -0.346 e. The number of nitrogens with zero attached hydrogens (tertiary/aromatic N) is 6. The van der Waals surface area contributed by atoms with Crippen molar-refractivity contribution in [3.05, 3.63) is 22.5 Å². The molecule has 0 unspecified atom stereocenters. The quantitative estimate of drug-likeness (QED) is 0.513. The van der Waals surface area contributed by atoms with Crippen molar-refractivity contribution in [3.63, 3.8) is 0 Å². The summed E-state index contributed by atoms with van der Waals surface area (Å²) in [6, 6.07) is 0. The average Bonchev–Trinajstić information content (AvgIpc) is 2.59. The first-order chi connectivity index (χ1) is 7.08. The summed E-state index contributed by atoms with van der Waals surface area (Å²) in [5.41, 5.74) is -0.113. The molecule has 2 aromatic rings. The van der Waals surface area contributed by atoms with Gasteiger partial charge in [0.1, 0.15) is 12.4 Å². The van der Waals surface area contributed by atoms with Crippen LogP contribution in [-0.4, -0.2) is 38.6 Å². The number of anilines is 1. The summed E-state index contributed by atoms with van der Waals surface area (Å²) >= 11 is 0. The van der Waals surface area contributed by atoms with E-state index >= 15 is 0 Å². The standard InChI is InChI=1S/C7H8N6O2/c1-11(2)7-9-6-8-3-5(13(14)15)4-12(6)10-7/h3-4H,1-2H3. The van der Waals surface area contributed by atoms with E-state index in [9.17, 15) is 10.1 Å². The van der Waals surface area contributed by atoms with Crippen LogP contribution in [0.1, 0.15) is 0 Å². The Morgan fingerprint density at radius 3 is 2.87 bits per heavy atom. The Morgan fingerprint density at radius 2 is 2.27 bits per heavy atom. The second-order valence-electron chi connectivity index (χ2n) is 3.12. The Balaban J connectivity index is 2.57. The van der Waals surface area contributed by atoms with Crippen molar-refractivity contribution in [1.82, 2.24) is 19.6 Å². The second kappa shape index (κ2) is 3.15. The highest BCUT2D eigenvalue weighted by atomic mass is 16.6. The molecule has 0 aromatic carbocycles. The molecule has 0 atom stereocenters. The highest BCUT2D eigenvalue weighted by Gasteiger charge is 2.11. The Morgan fingerprint density at radius 1 is 1.53 bits per heavy atom. The summed E-state index contributed by atoms with van der Waals surface area (Å²) in [6.07, 6.45) is 2.44. The topological polar surface area (TPSA) is 89.5 Å². The summed E-state index contributed by atoms with van der Waals surface area (Å²) in [7, 11) is 3.56. The first-order valence-corrected chi connectivity index (χ1v) is 4.12. The lowest BCUT2D eigenvalue weighted by Crippen LogP contribution is -2.10. The highest BCUT2D eigenvalue weighted by molar-refractivity contribution is 5.40. The molecule has 0 radical (unpaired) electrons. The van der Waals surface area contributed by atoms with E-state index in [0.717, 1.165) is 6.20 Å². The monoisotopic (exact) mass is 208 g/mol. The van der Waals surface area contributed by atoms with Crippen molar-refractivity contribution in [1.29, 1.82) is 0 Å². The van der Waals surface area contributed by atoms with Crippen molar-refractivity contribution in [3.8, 4) is 0 Å². The second-order valence-corrected chi connectivity index (χ2v) is 3.12. The van der Waals surface area contributed by atoms with Gasteiger partial charge in [0.25, 0.3) is 5.78 Å². The molecule has 2 aromatic heterocycles. The largest absolute Gasteiger partial charge is 0.346 e. The van der Waals surface area contributed by atoms with Crippen LogP contribution in [0.2, 0.25) is 0 Å². The van der Waals surface area contributed by atoms with Crippen molar-refractivity contribution in [2.45, 2.75) is 0 Å². The lowest BCUT2D eigenvalue weighted by molar-refractivity contribution is -0.385. The Kier molecular flexibility index (Phi) is 1.96. The highest BCUT2D eigenvalue weighted by Crippen LogP contribution is 2.11. The molecule has 78 valence electrons. The third-order valence-corrected chi connectivity index (χ3v) is 1.78. The molecular formula is C7H8N6O2. The normalized spacial score (nSPS) is 10.5. The maximum absolute atomic E-state index is 10.5. The van der Waals surface area contributed by atoms with Crippen LogP contribution in [0.15, 0.2) is 12.4 Å². The predicted molar refractivity (Wildman–Crippen MR) is 51.8 cm³/mol. The predicted octanol–water partition coefficient (Wildman–Crippen LogP) is 0.0985. The van der Waals surface area contributed by atoms with E-state index in [1.54, 1.807) is 19.0 Å². The number of aromatic nitrogens is 4. The fourth-order valence-corrected chi connectivity index (χ4v) is 1.04.